The number of hydrogen-bond donors (Lipinski definition) is 2. The van der Waals surface area contributed by atoms with E-state index in [1.165, 1.54) is 0 Å². The van der Waals surface area contributed by atoms with Crippen molar-refractivity contribution < 1.29 is 15.0 Å². The summed E-state index contributed by atoms with van der Waals surface area (Å²) >= 11 is 0. The molecule has 0 aliphatic carbocycles. The molecular formula is C10H16O3. The summed E-state index contributed by atoms with van der Waals surface area (Å²) in [7, 11) is 0. The van der Waals surface area contributed by atoms with Crippen molar-refractivity contribution in [1.29, 1.82) is 0 Å². The van der Waals surface area contributed by atoms with Gasteiger partial charge in [-0.05, 0) is 26.2 Å². The number of carboxylic acid groups (broad SMARTS) is 1. The lowest BCUT2D eigenvalue weighted by molar-refractivity contribution is -0.141. The third-order valence-corrected chi connectivity index (χ3v) is 2.03. The molecule has 0 amide bonds. The second kappa shape index (κ2) is 4.88. The predicted molar refractivity (Wildman–Crippen MR) is 50.1 cm³/mol. The van der Waals surface area contributed by atoms with Gasteiger partial charge in [-0.15, -0.1) is 6.42 Å². The maximum absolute atomic E-state index is 10.4. The molecule has 2 N–H and O–H groups in total. The van der Waals surface area contributed by atoms with Crippen LogP contribution in [-0.2, 0) is 4.79 Å². The van der Waals surface area contributed by atoms with E-state index in [2.05, 4.69) is 5.92 Å². The van der Waals surface area contributed by atoms with Crippen LogP contribution in [0.5, 0.6) is 0 Å². The summed E-state index contributed by atoms with van der Waals surface area (Å²) in [6.07, 6.45) is 6.69. The summed E-state index contributed by atoms with van der Waals surface area (Å²) in [5.74, 6) is 1.08. The maximum atomic E-state index is 10.4. The van der Waals surface area contributed by atoms with Crippen molar-refractivity contribution >= 4 is 5.97 Å². The van der Waals surface area contributed by atoms with E-state index >= 15 is 0 Å². The highest BCUT2D eigenvalue weighted by molar-refractivity contribution is 5.69. The Morgan fingerprint density at radius 1 is 1.69 bits per heavy atom. The Labute approximate surface area is 78.8 Å². The molecule has 0 rings (SSSR count). The smallest absolute Gasteiger partial charge is 0.306 e. The Morgan fingerprint density at radius 3 is 2.62 bits per heavy atom. The summed E-state index contributed by atoms with van der Waals surface area (Å²) in [6.45, 7) is 3.20. The lowest BCUT2D eigenvalue weighted by atomic mass is 9.96. The second-order valence-electron chi connectivity index (χ2n) is 3.55. The van der Waals surface area contributed by atoms with Crippen molar-refractivity contribution in [3.8, 4) is 12.3 Å². The molecule has 0 saturated heterocycles. The summed E-state index contributed by atoms with van der Waals surface area (Å²) in [6, 6.07) is 0. The summed E-state index contributed by atoms with van der Waals surface area (Å²) in [5, 5.41) is 18.0. The molecule has 0 aliphatic heterocycles. The van der Waals surface area contributed by atoms with Gasteiger partial charge in [0.05, 0.1) is 5.92 Å². The summed E-state index contributed by atoms with van der Waals surface area (Å²) in [5.41, 5.74) is -1.10. The van der Waals surface area contributed by atoms with Crippen LogP contribution in [0.1, 0.15) is 33.1 Å². The lowest BCUT2D eigenvalue weighted by Crippen LogP contribution is -2.21. The molecule has 0 heterocycles. The van der Waals surface area contributed by atoms with E-state index in [0.29, 0.717) is 19.3 Å². The van der Waals surface area contributed by atoms with Gasteiger partial charge in [-0.2, -0.15) is 0 Å². The van der Waals surface area contributed by atoms with E-state index in [9.17, 15) is 9.90 Å². The molecule has 0 saturated carbocycles. The molecule has 0 radical (unpaired) electrons. The number of hydrogen-bond acceptors (Lipinski definition) is 2. The zero-order valence-corrected chi connectivity index (χ0v) is 8.08. The topological polar surface area (TPSA) is 57.5 Å². The fourth-order valence-corrected chi connectivity index (χ4v) is 0.948. The Bertz CT molecular complexity index is 213. The van der Waals surface area contributed by atoms with Gasteiger partial charge in [0.2, 0.25) is 0 Å². The molecule has 3 heteroatoms. The van der Waals surface area contributed by atoms with Gasteiger partial charge in [-0.25, -0.2) is 0 Å². The van der Waals surface area contributed by atoms with Crippen LogP contribution in [0.25, 0.3) is 0 Å². The molecule has 0 bridgehead atoms. The van der Waals surface area contributed by atoms with Gasteiger partial charge in [0, 0.05) is 0 Å². The molecule has 0 spiro atoms. The Hall–Kier alpha value is -1.01. The van der Waals surface area contributed by atoms with Crippen LogP contribution in [0.15, 0.2) is 0 Å². The fourth-order valence-electron chi connectivity index (χ4n) is 0.948. The van der Waals surface area contributed by atoms with Gasteiger partial charge < -0.3 is 10.2 Å². The fraction of sp³-hybridized carbons (Fsp3) is 0.700. The molecule has 0 fully saturated rings. The first-order chi connectivity index (χ1) is 5.89. The molecule has 3 nitrogen and oxygen atoms in total. The predicted octanol–water partition coefficient (Wildman–Crippen LogP) is 1.26. The number of rotatable bonds is 5. The van der Waals surface area contributed by atoms with Crippen molar-refractivity contribution in [3.63, 3.8) is 0 Å². The van der Waals surface area contributed by atoms with Crippen LogP contribution in [0, 0.1) is 18.3 Å². The van der Waals surface area contributed by atoms with Crippen molar-refractivity contribution in [1.82, 2.24) is 0 Å². The first kappa shape index (κ1) is 12.0. The first-order valence-corrected chi connectivity index (χ1v) is 4.32. The average molecular weight is 184 g/mol. The second-order valence-corrected chi connectivity index (χ2v) is 3.55. The minimum Gasteiger partial charge on any atom is -0.481 e. The summed E-state index contributed by atoms with van der Waals surface area (Å²) < 4.78 is 0. The zero-order chi connectivity index (χ0) is 10.5. The standard InChI is InChI=1S/C10H16O3/c1-4-10(3,13)7-5-6-8(2)9(11)12/h1,8,13H,5-7H2,2-3H3,(H,11,12). The number of aliphatic carboxylic acids is 1. The van der Waals surface area contributed by atoms with Gasteiger partial charge >= 0.3 is 5.97 Å². The minimum absolute atomic E-state index is 0.367. The number of carbonyl (C=O) groups is 1. The quantitative estimate of drug-likeness (QED) is 0.632. The van der Waals surface area contributed by atoms with Gasteiger partial charge in [-0.3, -0.25) is 4.79 Å². The van der Waals surface area contributed by atoms with Crippen LogP contribution in [0.3, 0.4) is 0 Å². The average Bonchev–Trinajstić information content (AvgIpc) is 2.04. The van der Waals surface area contributed by atoms with Crippen LogP contribution in [0.4, 0.5) is 0 Å². The maximum Gasteiger partial charge on any atom is 0.306 e. The Morgan fingerprint density at radius 2 is 2.23 bits per heavy atom. The van der Waals surface area contributed by atoms with Crippen LogP contribution in [-0.4, -0.2) is 21.8 Å². The van der Waals surface area contributed by atoms with Gasteiger partial charge in [0.1, 0.15) is 5.60 Å². The van der Waals surface area contributed by atoms with Crippen LogP contribution >= 0.6 is 0 Å². The highest BCUT2D eigenvalue weighted by Gasteiger charge is 2.17. The molecular weight excluding hydrogens is 168 g/mol. The molecule has 0 aromatic heterocycles. The molecule has 0 aliphatic rings. The van der Waals surface area contributed by atoms with Crippen molar-refractivity contribution in [3.05, 3.63) is 0 Å². The van der Waals surface area contributed by atoms with Crippen LogP contribution in [0.2, 0.25) is 0 Å². The third-order valence-electron chi connectivity index (χ3n) is 2.03. The number of terminal acetylenes is 1. The van der Waals surface area contributed by atoms with Gasteiger partial charge in [0.25, 0.3) is 0 Å². The van der Waals surface area contributed by atoms with E-state index < -0.39 is 11.6 Å². The zero-order valence-electron chi connectivity index (χ0n) is 8.08. The summed E-state index contributed by atoms with van der Waals surface area (Å²) in [4.78, 5) is 10.4. The van der Waals surface area contributed by atoms with Crippen LogP contribution < -0.4 is 0 Å². The van der Waals surface area contributed by atoms with Crippen molar-refractivity contribution in [2.45, 2.75) is 38.7 Å². The third kappa shape index (κ3) is 5.26. The molecule has 2 atom stereocenters. The first-order valence-electron chi connectivity index (χ1n) is 4.32. The normalized spacial score (nSPS) is 17.1. The molecule has 74 valence electrons. The lowest BCUT2D eigenvalue weighted by Gasteiger charge is -2.16. The Kier molecular flexibility index (Phi) is 4.50. The molecule has 0 aromatic carbocycles. The van der Waals surface area contributed by atoms with Crippen molar-refractivity contribution in [2.75, 3.05) is 0 Å². The van der Waals surface area contributed by atoms with E-state index in [1.54, 1.807) is 13.8 Å². The molecule has 0 aromatic rings. The largest absolute Gasteiger partial charge is 0.481 e. The monoisotopic (exact) mass is 184 g/mol. The van der Waals surface area contributed by atoms with E-state index in [0.717, 1.165) is 0 Å². The highest BCUT2D eigenvalue weighted by Crippen LogP contribution is 2.15. The molecule has 13 heavy (non-hydrogen) atoms. The van der Waals surface area contributed by atoms with E-state index in [4.69, 9.17) is 11.5 Å². The SMILES string of the molecule is C#CC(C)(O)CCCC(C)C(=O)O. The Balaban J connectivity index is 3.70. The van der Waals surface area contributed by atoms with E-state index in [1.807, 2.05) is 0 Å². The van der Waals surface area contributed by atoms with E-state index in [-0.39, 0.29) is 5.92 Å². The highest BCUT2D eigenvalue weighted by atomic mass is 16.4. The molecule has 2 unspecified atom stereocenters. The number of carboxylic acids is 1. The minimum atomic E-state index is -1.10. The van der Waals surface area contributed by atoms with Crippen molar-refractivity contribution in [2.24, 2.45) is 5.92 Å². The van der Waals surface area contributed by atoms with Gasteiger partial charge in [0.15, 0.2) is 0 Å². The number of aliphatic hydroxyl groups is 1. The van der Waals surface area contributed by atoms with Gasteiger partial charge in [-0.1, -0.05) is 12.8 Å².